The zero-order chi connectivity index (χ0) is 16.8. The highest BCUT2D eigenvalue weighted by molar-refractivity contribution is 7.91. The molecule has 1 heterocycles. The molecule has 0 aliphatic rings. The van der Waals surface area contributed by atoms with Gasteiger partial charge in [0.05, 0.1) is 9.92 Å². The van der Waals surface area contributed by atoms with E-state index < -0.39 is 26.2 Å². The van der Waals surface area contributed by atoms with Crippen LogP contribution in [0.4, 0.5) is 4.39 Å². The molecule has 118 valence electrons. The van der Waals surface area contributed by atoms with Crippen LogP contribution in [0.3, 0.4) is 0 Å². The van der Waals surface area contributed by atoms with Gasteiger partial charge in [-0.05, 0) is 42.5 Å². The smallest absolute Gasteiger partial charge is 0.355 e. The molecule has 4 nitrogen and oxygen atoms in total. The van der Waals surface area contributed by atoms with Crippen LogP contribution in [0.25, 0.3) is 11.0 Å². The van der Waals surface area contributed by atoms with Gasteiger partial charge in [-0.25, -0.2) is 17.6 Å². The minimum atomic E-state index is -4.21. The molecule has 23 heavy (non-hydrogen) atoms. The molecule has 0 aliphatic heterocycles. The maximum Gasteiger partial charge on any atom is 0.355 e. The number of hydrogen-bond acceptors (Lipinski definition) is 4. The Morgan fingerprint density at radius 3 is 2.43 bits per heavy atom. The SMILES string of the molecule is O=c1oc2ccc(Cl)cc2cc1S(=O)(=O)c1ccc(F)c(Cl)c1. The lowest BCUT2D eigenvalue weighted by atomic mass is 10.2. The first kappa shape index (κ1) is 16.0. The molecule has 0 spiro atoms. The third kappa shape index (κ3) is 2.85. The molecule has 3 aromatic rings. The fourth-order valence-electron chi connectivity index (χ4n) is 2.03. The number of halogens is 3. The van der Waals surface area contributed by atoms with Crippen LogP contribution in [-0.4, -0.2) is 8.42 Å². The zero-order valence-electron chi connectivity index (χ0n) is 11.2. The Morgan fingerprint density at radius 1 is 1.00 bits per heavy atom. The Morgan fingerprint density at radius 2 is 1.74 bits per heavy atom. The first-order valence-electron chi connectivity index (χ1n) is 6.22. The maximum absolute atomic E-state index is 13.2. The van der Waals surface area contributed by atoms with E-state index in [9.17, 15) is 17.6 Å². The number of hydrogen-bond donors (Lipinski definition) is 0. The lowest BCUT2D eigenvalue weighted by Crippen LogP contribution is -2.14. The van der Waals surface area contributed by atoms with E-state index in [1.54, 1.807) is 0 Å². The summed E-state index contributed by atoms with van der Waals surface area (Å²) in [6.07, 6.45) is 0. The first-order valence-corrected chi connectivity index (χ1v) is 8.46. The summed E-state index contributed by atoms with van der Waals surface area (Å²) in [6, 6.07) is 8.49. The average molecular weight is 373 g/mol. The molecule has 0 aliphatic carbocycles. The summed E-state index contributed by atoms with van der Waals surface area (Å²) in [6.45, 7) is 0. The monoisotopic (exact) mass is 372 g/mol. The molecule has 1 aromatic heterocycles. The van der Waals surface area contributed by atoms with Gasteiger partial charge in [0.25, 0.3) is 0 Å². The summed E-state index contributed by atoms with van der Waals surface area (Å²) >= 11 is 11.5. The Kier molecular flexibility index (Phi) is 3.91. The second kappa shape index (κ2) is 5.63. The van der Waals surface area contributed by atoms with Crippen LogP contribution < -0.4 is 5.63 Å². The Labute approximate surface area is 140 Å². The van der Waals surface area contributed by atoms with Crippen LogP contribution in [0.1, 0.15) is 0 Å². The van der Waals surface area contributed by atoms with Crippen molar-refractivity contribution in [3.05, 3.63) is 68.7 Å². The molecule has 0 unspecified atom stereocenters. The van der Waals surface area contributed by atoms with Crippen molar-refractivity contribution in [2.75, 3.05) is 0 Å². The predicted molar refractivity (Wildman–Crippen MR) is 84.4 cm³/mol. The van der Waals surface area contributed by atoms with Crippen LogP contribution in [0.2, 0.25) is 10.0 Å². The van der Waals surface area contributed by atoms with Gasteiger partial charge in [-0.15, -0.1) is 0 Å². The molecule has 3 rings (SSSR count). The van der Waals surface area contributed by atoms with E-state index in [4.69, 9.17) is 27.6 Å². The summed E-state index contributed by atoms with van der Waals surface area (Å²) in [5.41, 5.74) is -0.823. The lowest BCUT2D eigenvalue weighted by molar-refractivity contribution is 0.532. The highest BCUT2D eigenvalue weighted by atomic mass is 35.5. The predicted octanol–water partition coefficient (Wildman–Crippen LogP) is 4.07. The molecule has 0 atom stereocenters. The Bertz CT molecular complexity index is 1090. The third-order valence-corrected chi connectivity index (χ3v) is 5.42. The molecule has 0 amide bonds. The van der Waals surface area contributed by atoms with Gasteiger partial charge in [0.1, 0.15) is 11.4 Å². The van der Waals surface area contributed by atoms with Crippen molar-refractivity contribution in [3.8, 4) is 0 Å². The van der Waals surface area contributed by atoms with Crippen LogP contribution in [-0.2, 0) is 9.84 Å². The second-order valence-corrected chi connectivity index (χ2v) is 7.42. The minimum absolute atomic E-state index is 0.204. The van der Waals surface area contributed by atoms with E-state index in [-0.39, 0.29) is 15.5 Å². The molecular weight excluding hydrogens is 366 g/mol. The molecule has 8 heteroatoms. The van der Waals surface area contributed by atoms with Crippen molar-refractivity contribution in [2.24, 2.45) is 0 Å². The summed E-state index contributed by atoms with van der Waals surface area (Å²) < 4.78 is 43.4. The van der Waals surface area contributed by atoms with Crippen LogP contribution >= 0.6 is 23.2 Å². The van der Waals surface area contributed by atoms with Gasteiger partial charge in [-0.1, -0.05) is 23.2 Å². The van der Waals surface area contributed by atoms with E-state index in [2.05, 4.69) is 0 Å². The maximum atomic E-state index is 13.2. The van der Waals surface area contributed by atoms with Crippen molar-refractivity contribution >= 4 is 44.0 Å². The van der Waals surface area contributed by atoms with Gasteiger partial charge in [0, 0.05) is 10.4 Å². The largest absolute Gasteiger partial charge is 0.422 e. The highest BCUT2D eigenvalue weighted by Crippen LogP contribution is 2.26. The van der Waals surface area contributed by atoms with Crippen molar-refractivity contribution in [1.29, 1.82) is 0 Å². The first-order chi connectivity index (χ1) is 10.8. The summed E-state index contributed by atoms with van der Waals surface area (Å²) in [5, 5.41) is 0.350. The van der Waals surface area contributed by atoms with Crippen LogP contribution in [0.15, 0.2) is 61.5 Å². The average Bonchev–Trinajstić information content (AvgIpc) is 2.49. The van der Waals surface area contributed by atoms with Crippen molar-refractivity contribution in [3.63, 3.8) is 0 Å². The summed E-state index contributed by atoms with van der Waals surface area (Å²) in [7, 11) is -4.21. The van der Waals surface area contributed by atoms with Gasteiger partial charge >= 0.3 is 5.63 Å². The van der Waals surface area contributed by atoms with E-state index in [1.165, 1.54) is 24.3 Å². The Balaban J connectivity index is 2.27. The van der Waals surface area contributed by atoms with Crippen molar-refractivity contribution in [1.82, 2.24) is 0 Å². The van der Waals surface area contributed by atoms with Gasteiger partial charge < -0.3 is 4.42 Å². The molecule has 2 aromatic carbocycles. The van der Waals surface area contributed by atoms with E-state index >= 15 is 0 Å². The topological polar surface area (TPSA) is 64.3 Å². The molecule has 0 saturated carbocycles. The number of benzene rings is 2. The normalized spacial score (nSPS) is 11.8. The summed E-state index contributed by atoms with van der Waals surface area (Å²) in [4.78, 5) is 11.1. The highest BCUT2D eigenvalue weighted by Gasteiger charge is 2.24. The van der Waals surface area contributed by atoms with E-state index in [0.29, 0.717) is 10.4 Å². The van der Waals surface area contributed by atoms with Crippen LogP contribution in [0, 0.1) is 5.82 Å². The number of sulfone groups is 1. The molecule has 0 N–H and O–H groups in total. The van der Waals surface area contributed by atoms with Crippen molar-refractivity contribution in [2.45, 2.75) is 9.79 Å². The quantitative estimate of drug-likeness (QED) is 0.502. The molecule has 0 bridgehead atoms. The van der Waals surface area contributed by atoms with Gasteiger partial charge in [0.2, 0.25) is 9.84 Å². The van der Waals surface area contributed by atoms with Gasteiger partial charge in [0.15, 0.2) is 4.90 Å². The molecule has 0 saturated heterocycles. The van der Waals surface area contributed by atoms with E-state index in [1.807, 2.05) is 0 Å². The summed E-state index contributed by atoms with van der Waals surface area (Å²) in [5.74, 6) is -0.761. The molecular formula is C15H7Cl2FO4S. The van der Waals surface area contributed by atoms with E-state index in [0.717, 1.165) is 18.2 Å². The van der Waals surface area contributed by atoms with Gasteiger partial charge in [-0.3, -0.25) is 0 Å². The number of fused-ring (bicyclic) bond motifs is 1. The van der Waals surface area contributed by atoms with Gasteiger partial charge in [-0.2, -0.15) is 0 Å². The second-order valence-electron chi connectivity index (χ2n) is 4.66. The fraction of sp³-hybridized carbons (Fsp3) is 0. The number of rotatable bonds is 2. The van der Waals surface area contributed by atoms with Crippen molar-refractivity contribution < 1.29 is 17.2 Å². The fourth-order valence-corrected chi connectivity index (χ4v) is 3.78. The minimum Gasteiger partial charge on any atom is -0.422 e. The Hall–Kier alpha value is -1.89. The lowest BCUT2D eigenvalue weighted by Gasteiger charge is -2.06. The molecule has 0 radical (unpaired) electrons. The zero-order valence-corrected chi connectivity index (χ0v) is 13.5. The third-order valence-electron chi connectivity index (χ3n) is 3.15. The standard InChI is InChI=1S/C15H7Cl2FO4S/c16-9-1-4-13-8(5-9)6-14(15(19)22-13)23(20,21)10-2-3-12(18)11(17)7-10/h1-7H. The molecule has 0 fully saturated rings. The van der Waals surface area contributed by atoms with Crippen LogP contribution in [0.5, 0.6) is 0 Å².